The summed E-state index contributed by atoms with van der Waals surface area (Å²) in [5.41, 5.74) is 0.843. The van der Waals surface area contributed by atoms with Crippen LogP contribution < -0.4 is 15.6 Å². The van der Waals surface area contributed by atoms with E-state index in [1.165, 1.54) is 6.92 Å². The molecule has 5 N–H and O–H groups in total. The number of hydrogen-bond donors (Lipinski definition) is 3. The van der Waals surface area contributed by atoms with Gasteiger partial charge in [-0.3, -0.25) is 4.79 Å². The molecule has 1 aromatic carbocycles. The molecule has 0 saturated heterocycles. The van der Waals surface area contributed by atoms with E-state index in [0.29, 0.717) is 0 Å². The molecular formula is C8H13N3O3S. The zero-order valence-electron chi connectivity index (χ0n) is 8.17. The number of carbonyl (C=O) groups excluding carboxylic acids is 1. The van der Waals surface area contributed by atoms with Crippen molar-refractivity contribution >= 4 is 21.8 Å². The van der Waals surface area contributed by atoms with Crippen molar-refractivity contribution in [3.05, 3.63) is 30.3 Å². The summed E-state index contributed by atoms with van der Waals surface area (Å²) >= 11 is 0. The number of nitrogens with two attached hydrogens (primary N) is 2. The number of anilines is 1. The van der Waals surface area contributed by atoms with Crippen LogP contribution in [0.4, 0.5) is 5.69 Å². The lowest BCUT2D eigenvalue weighted by atomic mass is 10.3. The second-order valence-corrected chi connectivity index (χ2v) is 3.81. The average molecular weight is 231 g/mol. The zero-order chi connectivity index (χ0) is 11.9. The van der Waals surface area contributed by atoms with Gasteiger partial charge < -0.3 is 5.32 Å². The lowest BCUT2D eigenvalue weighted by Crippen LogP contribution is -2.21. The highest BCUT2D eigenvalue weighted by Gasteiger charge is 1.90. The molecule has 0 spiro atoms. The minimum absolute atomic E-state index is 0.0359. The van der Waals surface area contributed by atoms with Gasteiger partial charge in [0, 0.05) is 12.6 Å². The number of para-hydroxylation sites is 1. The van der Waals surface area contributed by atoms with E-state index in [0.717, 1.165) is 5.69 Å². The summed E-state index contributed by atoms with van der Waals surface area (Å²) < 4.78 is 18.4. The Balaban J connectivity index is 0.000000336. The predicted octanol–water partition coefficient (Wildman–Crippen LogP) is -0.206. The van der Waals surface area contributed by atoms with Gasteiger partial charge in [0.25, 0.3) is 10.2 Å². The average Bonchev–Trinajstić information content (AvgIpc) is 2.01. The van der Waals surface area contributed by atoms with Gasteiger partial charge in [0.05, 0.1) is 0 Å². The molecule has 1 aromatic rings. The standard InChI is InChI=1S/C8H9NO.H4N2O2S/c1-7(10)9-8-5-3-2-4-6-8;1-5(2,3)4/h2-6H,1H3,(H,9,10);(H4,1,2,3,4). The van der Waals surface area contributed by atoms with E-state index in [1.54, 1.807) is 0 Å². The van der Waals surface area contributed by atoms with E-state index < -0.39 is 10.2 Å². The predicted molar refractivity (Wildman–Crippen MR) is 58.0 cm³/mol. The summed E-state index contributed by atoms with van der Waals surface area (Å²) in [5, 5.41) is 10.9. The number of nitrogens with one attached hydrogen (secondary N) is 1. The zero-order valence-corrected chi connectivity index (χ0v) is 8.99. The fourth-order valence-corrected chi connectivity index (χ4v) is 0.725. The summed E-state index contributed by atoms with van der Waals surface area (Å²) in [5.74, 6) is -0.0359. The first-order valence-corrected chi connectivity index (χ1v) is 5.53. The van der Waals surface area contributed by atoms with E-state index in [2.05, 4.69) is 15.6 Å². The molecule has 0 heterocycles. The lowest BCUT2D eigenvalue weighted by Gasteiger charge is -1.98. The van der Waals surface area contributed by atoms with Gasteiger partial charge in [-0.25, -0.2) is 10.3 Å². The molecule has 1 rings (SSSR count). The third kappa shape index (κ3) is 12.6. The van der Waals surface area contributed by atoms with Crippen molar-refractivity contribution in [3.8, 4) is 0 Å². The molecule has 7 heteroatoms. The van der Waals surface area contributed by atoms with Gasteiger partial charge >= 0.3 is 0 Å². The Kier molecular flexibility index (Phi) is 5.53. The van der Waals surface area contributed by atoms with Gasteiger partial charge in [0.1, 0.15) is 0 Å². The maximum Gasteiger partial charge on any atom is 0.271 e. The van der Waals surface area contributed by atoms with Crippen LogP contribution in [0.3, 0.4) is 0 Å². The Morgan fingerprint density at radius 2 is 1.60 bits per heavy atom. The fraction of sp³-hybridized carbons (Fsp3) is 0.125. The Labute approximate surface area is 88.5 Å². The van der Waals surface area contributed by atoms with Crippen LogP contribution in [0.2, 0.25) is 0 Å². The molecule has 0 aliphatic carbocycles. The smallest absolute Gasteiger partial charge is 0.271 e. The normalized spacial score (nSPS) is 9.80. The van der Waals surface area contributed by atoms with Gasteiger partial charge in [-0.1, -0.05) is 18.2 Å². The minimum atomic E-state index is -3.67. The van der Waals surface area contributed by atoms with Crippen molar-refractivity contribution in [1.82, 2.24) is 0 Å². The molecule has 0 unspecified atom stereocenters. The summed E-state index contributed by atoms with van der Waals surface area (Å²) in [4.78, 5) is 10.5. The second kappa shape index (κ2) is 6.12. The van der Waals surface area contributed by atoms with Crippen LogP contribution in [0.15, 0.2) is 30.3 Å². The van der Waals surface area contributed by atoms with Crippen LogP contribution in [-0.4, -0.2) is 14.3 Å². The molecule has 0 aliphatic rings. The Morgan fingerprint density at radius 1 is 1.20 bits per heavy atom. The van der Waals surface area contributed by atoms with E-state index >= 15 is 0 Å². The molecule has 6 nitrogen and oxygen atoms in total. The summed E-state index contributed by atoms with van der Waals surface area (Å²) in [7, 11) is -3.67. The molecule has 0 radical (unpaired) electrons. The van der Waals surface area contributed by atoms with E-state index in [9.17, 15) is 13.2 Å². The second-order valence-electron chi connectivity index (χ2n) is 2.64. The quantitative estimate of drug-likeness (QED) is 0.621. The van der Waals surface area contributed by atoms with Crippen LogP contribution in [-0.2, 0) is 15.0 Å². The highest BCUT2D eigenvalue weighted by atomic mass is 32.2. The summed E-state index contributed by atoms with van der Waals surface area (Å²) in [6, 6.07) is 9.37. The highest BCUT2D eigenvalue weighted by Crippen LogP contribution is 2.03. The number of rotatable bonds is 1. The summed E-state index contributed by atoms with van der Waals surface area (Å²) in [6.45, 7) is 1.49. The van der Waals surface area contributed by atoms with E-state index in [4.69, 9.17) is 0 Å². The van der Waals surface area contributed by atoms with Crippen molar-refractivity contribution in [1.29, 1.82) is 0 Å². The first-order chi connectivity index (χ1) is 6.79. The lowest BCUT2D eigenvalue weighted by molar-refractivity contribution is -0.114. The molecule has 1 amide bonds. The number of carbonyl (C=O) groups is 1. The minimum Gasteiger partial charge on any atom is -0.326 e. The molecule has 84 valence electrons. The van der Waals surface area contributed by atoms with Crippen LogP contribution in [0, 0.1) is 0 Å². The third-order valence-corrected chi connectivity index (χ3v) is 1.09. The molecule has 0 aliphatic heterocycles. The van der Waals surface area contributed by atoms with Crippen molar-refractivity contribution in [2.75, 3.05) is 5.32 Å². The Bertz CT molecular complexity index is 394. The molecular weight excluding hydrogens is 218 g/mol. The topological polar surface area (TPSA) is 115 Å². The maximum atomic E-state index is 10.5. The third-order valence-electron chi connectivity index (χ3n) is 1.09. The highest BCUT2D eigenvalue weighted by molar-refractivity contribution is 7.86. The number of benzene rings is 1. The molecule has 15 heavy (non-hydrogen) atoms. The maximum absolute atomic E-state index is 10.5. The van der Waals surface area contributed by atoms with E-state index in [-0.39, 0.29) is 5.91 Å². The molecule has 0 aromatic heterocycles. The van der Waals surface area contributed by atoms with Gasteiger partial charge in [-0.15, -0.1) is 0 Å². The molecule has 0 bridgehead atoms. The van der Waals surface area contributed by atoms with Crippen molar-refractivity contribution in [2.24, 2.45) is 10.3 Å². The number of hydrogen-bond acceptors (Lipinski definition) is 3. The van der Waals surface area contributed by atoms with E-state index in [1.807, 2.05) is 30.3 Å². The van der Waals surface area contributed by atoms with Crippen LogP contribution in [0.5, 0.6) is 0 Å². The van der Waals surface area contributed by atoms with Gasteiger partial charge in [0.2, 0.25) is 5.91 Å². The van der Waals surface area contributed by atoms with Crippen molar-refractivity contribution in [2.45, 2.75) is 6.92 Å². The largest absolute Gasteiger partial charge is 0.326 e. The Morgan fingerprint density at radius 3 is 1.93 bits per heavy atom. The first kappa shape index (κ1) is 13.6. The Hall–Kier alpha value is -1.44. The van der Waals surface area contributed by atoms with Crippen molar-refractivity contribution in [3.63, 3.8) is 0 Å². The van der Waals surface area contributed by atoms with Crippen LogP contribution in [0.1, 0.15) is 6.92 Å². The first-order valence-electron chi connectivity index (χ1n) is 3.92. The van der Waals surface area contributed by atoms with Crippen LogP contribution >= 0.6 is 0 Å². The van der Waals surface area contributed by atoms with Gasteiger partial charge in [0.15, 0.2) is 0 Å². The SMILES string of the molecule is CC(=O)Nc1ccccc1.NS(N)(=O)=O. The monoisotopic (exact) mass is 231 g/mol. The molecule has 0 fully saturated rings. The number of amides is 1. The van der Waals surface area contributed by atoms with Crippen molar-refractivity contribution < 1.29 is 13.2 Å². The fourth-order valence-electron chi connectivity index (χ4n) is 0.725. The van der Waals surface area contributed by atoms with Crippen LogP contribution in [0.25, 0.3) is 0 Å². The molecule has 0 saturated carbocycles. The molecule has 0 atom stereocenters. The van der Waals surface area contributed by atoms with Gasteiger partial charge in [-0.05, 0) is 12.1 Å². The summed E-state index contributed by atoms with van der Waals surface area (Å²) in [6.07, 6.45) is 0. The van der Waals surface area contributed by atoms with Gasteiger partial charge in [-0.2, -0.15) is 8.42 Å².